The number of hydrogen-bond donors (Lipinski definition) is 0. The van der Waals surface area contributed by atoms with Gasteiger partial charge in [-0.3, -0.25) is 0 Å². The fraction of sp³-hybridized carbons (Fsp3) is 0.585. The Labute approximate surface area is 612 Å². The fourth-order valence-corrected chi connectivity index (χ4v) is 42.2. The Balaban J connectivity index is 1.15. The number of terminal acetylenes is 1. The zero-order valence-electron chi connectivity index (χ0n) is 60.4. The molecule has 0 radical (unpaired) electrons. The third-order valence-electron chi connectivity index (χ3n) is 21.9. The van der Waals surface area contributed by atoms with E-state index in [1.807, 2.05) is 34.0 Å². The first-order valence-corrected chi connectivity index (χ1v) is 48.9. The summed E-state index contributed by atoms with van der Waals surface area (Å²) in [5.74, 6) is 11.0. The Bertz CT molecular complexity index is 3960. The van der Waals surface area contributed by atoms with Gasteiger partial charge in [0, 0.05) is 54.7 Å². The van der Waals surface area contributed by atoms with E-state index in [4.69, 9.17) is 15.9 Å². The first kappa shape index (κ1) is 75.3. The molecule has 10 rings (SSSR count). The van der Waals surface area contributed by atoms with Crippen LogP contribution in [0.2, 0.25) is 24.2 Å². The summed E-state index contributed by atoms with van der Waals surface area (Å²) in [6.07, 6.45) is 33.1. The zero-order valence-corrected chi connectivity index (χ0v) is 68.9. The predicted octanol–water partition coefficient (Wildman–Crippen LogP) is 26.0. The molecule has 0 N–H and O–H groups in total. The van der Waals surface area contributed by atoms with E-state index in [1.165, 1.54) is 190 Å². The highest BCUT2D eigenvalue weighted by Crippen LogP contribution is 2.57. The van der Waals surface area contributed by atoms with Crippen LogP contribution in [-0.4, -0.2) is 41.3 Å². The number of fused-ring (bicyclic) bond motifs is 8. The molecule has 0 bridgehead atoms. The van der Waals surface area contributed by atoms with Gasteiger partial charge in [-0.1, -0.05) is 217 Å². The summed E-state index contributed by atoms with van der Waals surface area (Å²) >= 11 is 15.5. The highest BCUT2D eigenvalue weighted by molar-refractivity contribution is 7.38. The third kappa shape index (κ3) is 16.1. The van der Waals surface area contributed by atoms with E-state index in [2.05, 4.69) is 178 Å². The van der Waals surface area contributed by atoms with E-state index in [9.17, 15) is 9.59 Å². The molecule has 0 fully saturated rings. The highest BCUT2D eigenvalue weighted by atomic mass is 32.1. The van der Waals surface area contributed by atoms with Crippen molar-refractivity contribution in [3.63, 3.8) is 0 Å². The maximum Gasteiger partial charge on any atom is 0.348 e. The maximum absolute atomic E-state index is 14.7. The molecule has 96 heavy (non-hydrogen) atoms. The van der Waals surface area contributed by atoms with Gasteiger partial charge >= 0.3 is 11.9 Å². The summed E-state index contributed by atoms with van der Waals surface area (Å²) in [4.78, 5) is 47.1. The molecular formula is C82H110O4S8Si2. The molecular weight excluding hydrogens is 1360 g/mol. The molecule has 2 aliphatic rings. The van der Waals surface area contributed by atoms with Gasteiger partial charge < -0.3 is 9.47 Å². The van der Waals surface area contributed by atoms with Crippen molar-refractivity contribution in [2.24, 2.45) is 35.5 Å². The molecule has 0 amide bonds. The van der Waals surface area contributed by atoms with Gasteiger partial charge in [-0.05, 0) is 149 Å². The summed E-state index contributed by atoms with van der Waals surface area (Å²) in [5, 5.41) is 9.25. The molecule has 0 spiro atoms. The first-order valence-electron chi connectivity index (χ1n) is 37.6. The van der Waals surface area contributed by atoms with Crippen LogP contribution in [0.1, 0.15) is 253 Å². The topological polar surface area (TPSA) is 52.6 Å². The number of esters is 2. The van der Waals surface area contributed by atoms with E-state index in [0.29, 0.717) is 29.2 Å². The number of aryl methyl sites for hydroxylation is 2. The molecule has 4 nitrogen and oxygen atoms in total. The van der Waals surface area contributed by atoms with Crippen molar-refractivity contribution in [1.29, 1.82) is 0 Å². The van der Waals surface area contributed by atoms with Crippen molar-refractivity contribution >= 4 is 160 Å². The van der Waals surface area contributed by atoms with Gasteiger partial charge in [0.1, 0.15) is 32.5 Å². The minimum atomic E-state index is -2.48. The van der Waals surface area contributed by atoms with Gasteiger partial charge in [-0.2, -0.15) is 0 Å². The Kier molecular flexibility index (Phi) is 27.4. The molecule has 0 aromatic carbocycles. The van der Waals surface area contributed by atoms with E-state index < -0.39 is 16.1 Å². The molecule has 2 aliphatic heterocycles. The summed E-state index contributed by atoms with van der Waals surface area (Å²) in [6, 6.07) is 20.5. The number of ether oxygens (including phenoxy) is 2. The van der Waals surface area contributed by atoms with Crippen LogP contribution < -0.4 is 20.7 Å². The van der Waals surface area contributed by atoms with Crippen LogP contribution in [0.3, 0.4) is 0 Å². The number of carbonyl (C=O) groups is 2. The molecule has 8 aromatic rings. The SMILES string of the molecule is C#CC#CC(CCCC)COC(=O)c1cc2c(C)sc(-c3cc4c(s3)-c3sc(-c5sc(-c6cc7c(s6)-c6sc(C)cc6[Si]7(CC(CC)CCCC)CC(CC)CCCC)c6cc(C(=O)OCC(CC)CCCC)sc56)cc3[Si]4(CC(CC)CCCC)CC(CC)CCCC)c2s1. The first-order chi connectivity index (χ1) is 46.6. The van der Waals surface area contributed by atoms with E-state index in [0.717, 1.165) is 67.0 Å². The molecule has 0 saturated heterocycles. The zero-order chi connectivity index (χ0) is 68.3. The van der Waals surface area contributed by atoms with Crippen LogP contribution >= 0.6 is 90.7 Å². The van der Waals surface area contributed by atoms with Crippen LogP contribution in [0.15, 0.2) is 36.4 Å². The molecule has 518 valence electrons. The van der Waals surface area contributed by atoms with Crippen molar-refractivity contribution in [3.8, 4) is 73.0 Å². The van der Waals surface area contributed by atoms with E-state index in [1.54, 1.807) is 53.2 Å². The lowest BCUT2D eigenvalue weighted by Crippen LogP contribution is -2.56. The standard InChI is InChI=1S/C82H110O4S8Si2/c1-15-27-34-55(22-8)47-85-82(84)67-43-62-72(63-44-69-78(89-63)77-68(41-53(13)87-77)95(69,49-56(23-9)35-28-16-2)50-57(24-10)36-29-17-3)94-76(74(62)93-67)65-46-71-80(91-65)79-70(96(71,51-58(25-11)37-30-18-4)52-59(26-12)38-31-19-5)45-64(90-79)75-73-61(54(14)88-75)42-66(92-73)81(83)86-48-60(39-32-20-6)40-33-21-7/h6,41-46,55-60H,15-19,21-31,33-38,40,47-52H2,1-5,7-14H3. The Morgan fingerprint density at radius 3 is 1.23 bits per heavy atom. The van der Waals surface area contributed by atoms with Crippen LogP contribution in [0.5, 0.6) is 0 Å². The smallest absolute Gasteiger partial charge is 0.348 e. The molecule has 6 atom stereocenters. The van der Waals surface area contributed by atoms with Gasteiger partial charge in [0.05, 0.1) is 36.6 Å². The van der Waals surface area contributed by atoms with Crippen molar-refractivity contribution in [1.82, 2.24) is 0 Å². The lowest BCUT2D eigenvalue weighted by Gasteiger charge is -2.35. The highest BCUT2D eigenvalue weighted by Gasteiger charge is 2.52. The van der Waals surface area contributed by atoms with Gasteiger partial charge in [-0.25, -0.2) is 9.59 Å². The number of rotatable bonds is 40. The van der Waals surface area contributed by atoms with Crippen molar-refractivity contribution < 1.29 is 19.1 Å². The molecule has 14 heteroatoms. The number of unbranched alkanes of at least 4 members (excludes halogenated alkanes) is 6. The summed E-state index contributed by atoms with van der Waals surface area (Å²) < 4.78 is 14.9. The second-order valence-corrected chi connectivity index (χ2v) is 45.5. The number of carbonyl (C=O) groups excluding carboxylic acids is 2. The lowest BCUT2D eigenvalue weighted by atomic mass is 10.0. The van der Waals surface area contributed by atoms with Crippen molar-refractivity contribution in [3.05, 3.63) is 55.9 Å². The molecule has 10 heterocycles. The lowest BCUT2D eigenvalue weighted by molar-refractivity contribution is 0.0432. The van der Waals surface area contributed by atoms with Gasteiger partial charge in [0.25, 0.3) is 0 Å². The monoisotopic (exact) mass is 1470 g/mol. The van der Waals surface area contributed by atoms with Crippen LogP contribution in [0.25, 0.3) is 68.9 Å². The van der Waals surface area contributed by atoms with Crippen LogP contribution in [-0.2, 0) is 9.47 Å². The van der Waals surface area contributed by atoms with Crippen molar-refractivity contribution in [2.45, 2.75) is 262 Å². The number of thiophene rings is 8. The second kappa shape index (κ2) is 35.0. The normalized spacial score (nSPS) is 17.4. The van der Waals surface area contributed by atoms with Gasteiger partial charge in [0.2, 0.25) is 0 Å². The maximum atomic E-state index is 14.7. The average Bonchev–Trinajstić information content (AvgIpc) is 1.54. The van der Waals surface area contributed by atoms with E-state index >= 15 is 0 Å². The average molecular weight is 1470 g/mol. The quantitative estimate of drug-likeness (QED) is 0.0218. The van der Waals surface area contributed by atoms with Gasteiger partial charge in [-0.15, -0.1) is 97.1 Å². The van der Waals surface area contributed by atoms with Crippen LogP contribution in [0, 0.1) is 73.5 Å². The Morgan fingerprint density at radius 2 is 0.792 bits per heavy atom. The van der Waals surface area contributed by atoms with Crippen molar-refractivity contribution in [2.75, 3.05) is 13.2 Å². The second-order valence-electron chi connectivity index (χ2n) is 28.6. The molecule has 8 aromatic heterocycles. The minimum absolute atomic E-state index is 0.0777. The largest absolute Gasteiger partial charge is 0.461 e. The molecule has 0 saturated carbocycles. The minimum Gasteiger partial charge on any atom is -0.461 e. The predicted molar refractivity (Wildman–Crippen MR) is 437 cm³/mol. The summed E-state index contributed by atoms with van der Waals surface area (Å²) in [5.41, 5.74) is 0. The Morgan fingerprint density at radius 1 is 0.417 bits per heavy atom. The Hall–Kier alpha value is -3.39. The summed E-state index contributed by atoms with van der Waals surface area (Å²) in [7, 11) is -4.71. The molecule has 6 unspecified atom stereocenters. The van der Waals surface area contributed by atoms with Gasteiger partial charge in [0.15, 0.2) is 0 Å². The fourth-order valence-electron chi connectivity index (χ4n) is 16.1. The van der Waals surface area contributed by atoms with Crippen LogP contribution in [0.4, 0.5) is 0 Å². The summed E-state index contributed by atoms with van der Waals surface area (Å²) in [6.45, 7) is 31.4. The number of hydrogen-bond acceptors (Lipinski definition) is 12. The molecule has 0 aliphatic carbocycles. The van der Waals surface area contributed by atoms with E-state index in [-0.39, 0.29) is 24.5 Å². The third-order valence-corrected chi connectivity index (χ3v) is 43.6.